The molecule has 2 aromatic carbocycles. The summed E-state index contributed by atoms with van der Waals surface area (Å²) in [4.78, 5) is 26.8. The third kappa shape index (κ3) is 6.13. The summed E-state index contributed by atoms with van der Waals surface area (Å²) >= 11 is 0. The predicted molar refractivity (Wildman–Crippen MR) is 111 cm³/mol. The first-order valence-corrected chi connectivity index (χ1v) is 9.36. The topological polar surface area (TPSA) is 61.4 Å². The lowest BCUT2D eigenvalue weighted by Crippen LogP contribution is -2.32. The van der Waals surface area contributed by atoms with Crippen LogP contribution in [0, 0.1) is 0 Å². The highest BCUT2D eigenvalue weighted by Crippen LogP contribution is 2.17. The summed E-state index contributed by atoms with van der Waals surface area (Å²) in [5.41, 5.74) is 3.27. The molecule has 0 radical (unpaired) electrons. The number of hydrogen-bond acceptors (Lipinski definition) is 3. The minimum Gasteiger partial charge on any atom is -0.378 e. The van der Waals surface area contributed by atoms with Gasteiger partial charge in [0, 0.05) is 32.2 Å². The zero-order valence-electron chi connectivity index (χ0n) is 16.6. The van der Waals surface area contributed by atoms with Gasteiger partial charge in [-0.25, -0.2) is 0 Å². The van der Waals surface area contributed by atoms with E-state index in [1.165, 1.54) is 0 Å². The van der Waals surface area contributed by atoms with E-state index in [0.29, 0.717) is 24.1 Å². The Hall–Kier alpha value is -2.82. The number of benzene rings is 2. The van der Waals surface area contributed by atoms with Gasteiger partial charge in [0.15, 0.2) is 0 Å². The first-order chi connectivity index (χ1) is 12.9. The van der Waals surface area contributed by atoms with Crippen molar-refractivity contribution in [2.75, 3.05) is 24.3 Å². The standard InChI is InChI=1S/C22H29N3O2/c1-5-16(2)23-22(27)19-8-6-7-9-20(19)24-21(26)15-12-17-10-13-18(14-11-17)25(3)4/h6-11,13-14,16H,5,12,15H2,1-4H3,(H,23,27)(H,24,26). The van der Waals surface area contributed by atoms with Gasteiger partial charge in [-0.3, -0.25) is 9.59 Å². The Labute approximate surface area is 161 Å². The van der Waals surface area contributed by atoms with Crippen molar-refractivity contribution in [3.05, 3.63) is 59.7 Å². The van der Waals surface area contributed by atoms with Crippen LogP contribution < -0.4 is 15.5 Å². The molecule has 5 nitrogen and oxygen atoms in total. The van der Waals surface area contributed by atoms with Gasteiger partial charge in [0.2, 0.25) is 5.91 Å². The third-order valence-electron chi connectivity index (χ3n) is 4.53. The molecule has 2 aromatic rings. The van der Waals surface area contributed by atoms with Gasteiger partial charge >= 0.3 is 0 Å². The monoisotopic (exact) mass is 367 g/mol. The largest absolute Gasteiger partial charge is 0.378 e. The number of rotatable bonds is 8. The molecule has 27 heavy (non-hydrogen) atoms. The maximum atomic E-state index is 12.4. The summed E-state index contributed by atoms with van der Waals surface area (Å²) in [6, 6.07) is 15.4. The Bertz CT molecular complexity index is 769. The molecule has 2 rings (SSSR count). The van der Waals surface area contributed by atoms with E-state index in [1.807, 2.05) is 63.2 Å². The Morgan fingerprint density at radius 2 is 1.70 bits per heavy atom. The number of aryl methyl sites for hydroxylation is 1. The van der Waals surface area contributed by atoms with E-state index < -0.39 is 0 Å². The van der Waals surface area contributed by atoms with E-state index in [0.717, 1.165) is 17.7 Å². The van der Waals surface area contributed by atoms with Crippen LogP contribution in [0.1, 0.15) is 42.6 Å². The van der Waals surface area contributed by atoms with Gasteiger partial charge in [0.05, 0.1) is 11.3 Å². The lowest BCUT2D eigenvalue weighted by atomic mass is 10.1. The van der Waals surface area contributed by atoms with Gasteiger partial charge in [-0.05, 0) is 49.6 Å². The molecule has 0 aliphatic heterocycles. The number of carbonyl (C=O) groups is 2. The maximum Gasteiger partial charge on any atom is 0.253 e. The van der Waals surface area contributed by atoms with Gasteiger partial charge in [-0.2, -0.15) is 0 Å². The van der Waals surface area contributed by atoms with E-state index in [2.05, 4.69) is 10.6 Å². The molecular weight excluding hydrogens is 338 g/mol. The molecule has 1 unspecified atom stereocenters. The molecule has 0 aliphatic carbocycles. The smallest absolute Gasteiger partial charge is 0.253 e. The van der Waals surface area contributed by atoms with Crippen molar-refractivity contribution >= 4 is 23.2 Å². The Balaban J connectivity index is 1.96. The summed E-state index contributed by atoms with van der Waals surface area (Å²) in [5, 5.41) is 5.81. The van der Waals surface area contributed by atoms with Crippen molar-refractivity contribution < 1.29 is 9.59 Å². The highest BCUT2D eigenvalue weighted by Gasteiger charge is 2.14. The minimum absolute atomic E-state index is 0.0893. The second-order valence-electron chi connectivity index (χ2n) is 6.94. The molecule has 0 bridgehead atoms. The van der Waals surface area contributed by atoms with Crippen molar-refractivity contribution in [3.63, 3.8) is 0 Å². The molecule has 0 fully saturated rings. The number of hydrogen-bond donors (Lipinski definition) is 2. The third-order valence-corrected chi connectivity index (χ3v) is 4.53. The second-order valence-corrected chi connectivity index (χ2v) is 6.94. The van der Waals surface area contributed by atoms with Crippen molar-refractivity contribution in [1.82, 2.24) is 5.32 Å². The van der Waals surface area contributed by atoms with Crippen LogP contribution >= 0.6 is 0 Å². The molecule has 5 heteroatoms. The summed E-state index contributed by atoms with van der Waals surface area (Å²) in [7, 11) is 3.99. The number of amides is 2. The van der Waals surface area contributed by atoms with E-state index in [-0.39, 0.29) is 17.9 Å². The molecule has 0 aliphatic rings. The fourth-order valence-corrected chi connectivity index (χ4v) is 2.63. The summed E-state index contributed by atoms with van der Waals surface area (Å²) in [5.74, 6) is -0.269. The van der Waals surface area contributed by atoms with Crippen LogP contribution in [0.15, 0.2) is 48.5 Å². The molecular formula is C22H29N3O2. The zero-order valence-corrected chi connectivity index (χ0v) is 16.6. The van der Waals surface area contributed by atoms with Crippen molar-refractivity contribution in [3.8, 4) is 0 Å². The number of nitrogens with one attached hydrogen (secondary N) is 2. The lowest BCUT2D eigenvalue weighted by molar-refractivity contribution is -0.116. The number of anilines is 2. The highest BCUT2D eigenvalue weighted by molar-refractivity contribution is 6.03. The molecule has 144 valence electrons. The van der Waals surface area contributed by atoms with Crippen molar-refractivity contribution in [2.24, 2.45) is 0 Å². The molecule has 0 spiro atoms. The number of para-hydroxylation sites is 1. The van der Waals surface area contributed by atoms with E-state index in [4.69, 9.17) is 0 Å². The van der Waals surface area contributed by atoms with Crippen LogP contribution in [-0.2, 0) is 11.2 Å². The maximum absolute atomic E-state index is 12.4. The van der Waals surface area contributed by atoms with Gasteiger partial charge in [-0.15, -0.1) is 0 Å². The summed E-state index contributed by atoms with van der Waals surface area (Å²) in [6.07, 6.45) is 1.87. The first kappa shape index (κ1) is 20.5. The lowest BCUT2D eigenvalue weighted by Gasteiger charge is -2.15. The average Bonchev–Trinajstić information content (AvgIpc) is 2.66. The Morgan fingerprint density at radius 3 is 2.33 bits per heavy atom. The van der Waals surface area contributed by atoms with Gasteiger partial charge < -0.3 is 15.5 Å². The molecule has 1 atom stereocenters. The SMILES string of the molecule is CCC(C)NC(=O)c1ccccc1NC(=O)CCc1ccc(N(C)C)cc1. The quantitative estimate of drug-likeness (QED) is 0.745. The van der Waals surface area contributed by atoms with E-state index in [9.17, 15) is 9.59 Å². The highest BCUT2D eigenvalue weighted by atomic mass is 16.2. The molecule has 0 saturated carbocycles. The Kier molecular flexibility index (Phi) is 7.41. The van der Waals surface area contributed by atoms with Crippen LogP contribution in [0.3, 0.4) is 0 Å². The van der Waals surface area contributed by atoms with Crippen LogP contribution in [0.5, 0.6) is 0 Å². The molecule has 0 aromatic heterocycles. The molecule has 2 N–H and O–H groups in total. The van der Waals surface area contributed by atoms with Gasteiger partial charge in [-0.1, -0.05) is 31.2 Å². The second kappa shape index (κ2) is 9.76. The Morgan fingerprint density at radius 1 is 1.04 bits per heavy atom. The van der Waals surface area contributed by atoms with Crippen LogP contribution in [-0.4, -0.2) is 32.0 Å². The van der Waals surface area contributed by atoms with Gasteiger partial charge in [0.1, 0.15) is 0 Å². The molecule has 2 amide bonds. The van der Waals surface area contributed by atoms with Crippen LogP contribution in [0.25, 0.3) is 0 Å². The number of carbonyl (C=O) groups excluding carboxylic acids is 2. The van der Waals surface area contributed by atoms with E-state index >= 15 is 0 Å². The summed E-state index contributed by atoms with van der Waals surface area (Å²) in [6.45, 7) is 3.98. The van der Waals surface area contributed by atoms with Crippen molar-refractivity contribution in [2.45, 2.75) is 39.2 Å². The minimum atomic E-state index is -0.167. The van der Waals surface area contributed by atoms with Crippen LogP contribution in [0.4, 0.5) is 11.4 Å². The van der Waals surface area contributed by atoms with Crippen LogP contribution in [0.2, 0.25) is 0 Å². The zero-order chi connectivity index (χ0) is 19.8. The van der Waals surface area contributed by atoms with Gasteiger partial charge in [0.25, 0.3) is 5.91 Å². The molecule has 0 saturated heterocycles. The number of nitrogens with zero attached hydrogens (tertiary/aromatic N) is 1. The molecule has 0 heterocycles. The predicted octanol–water partition coefficient (Wildman–Crippen LogP) is 3.85. The average molecular weight is 367 g/mol. The fourth-order valence-electron chi connectivity index (χ4n) is 2.63. The summed E-state index contributed by atoms with van der Waals surface area (Å²) < 4.78 is 0. The normalized spacial score (nSPS) is 11.6. The van der Waals surface area contributed by atoms with E-state index in [1.54, 1.807) is 18.2 Å². The van der Waals surface area contributed by atoms with Crippen molar-refractivity contribution in [1.29, 1.82) is 0 Å². The first-order valence-electron chi connectivity index (χ1n) is 9.36. The fraction of sp³-hybridized carbons (Fsp3) is 0.364.